The van der Waals surface area contributed by atoms with Crippen molar-refractivity contribution in [3.63, 3.8) is 0 Å². The molecule has 1 atom stereocenters. The predicted octanol–water partition coefficient (Wildman–Crippen LogP) is 1.57. The second-order valence-corrected chi connectivity index (χ2v) is 5.32. The Morgan fingerprint density at radius 3 is 2.77 bits per heavy atom. The van der Waals surface area contributed by atoms with Crippen LogP contribution in [0.5, 0.6) is 0 Å². The standard InChI is InChI=1S/C16H20FN3O2/c1-10-14(11(2)20(3)19-10)8-16(22)18-9-15(21)12-5-4-6-13(17)7-12/h4-7,15,21H,8-9H2,1-3H3,(H,18,22)/t15-/m1/s1. The first-order valence-corrected chi connectivity index (χ1v) is 7.07. The van der Waals surface area contributed by atoms with Gasteiger partial charge in [0.1, 0.15) is 5.82 Å². The Balaban J connectivity index is 1.93. The van der Waals surface area contributed by atoms with Crippen LogP contribution in [0.2, 0.25) is 0 Å². The summed E-state index contributed by atoms with van der Waals surface area (Å²) in [5.74, 6) is -0.612. The number of carbonyl (C=O) groups excluding carboxylic acids is 1. The second-order valence-electron chi connectivity index (χ2n) is 5.32. The number of aliphatic hydroxyl groups is 1. The van der Waals surface area contributed by atoms with Crippen LogP contribution < -0.4 is 5.32 Å². The molecule has 0 aliphatic carbocycles. The monoisotopic (exact) mass is 305 g/mol. The fourth-order valence-corrected chi connectivity index (χ4v) is 2.34. The lowest BCUT2D eigenvalue weighted by Gasteiger charge is -2.12. The minimum atomic E-state index is -0.934. The summed E-state index contributed by atoms with van der Waals surface area (Å²) < 4.78 is 14.8. The first kappa shape index (κ1) is 16.2. The van der Waals surface area contributed by atoms with E-state index in [-0.39, 0.29) is 18.9 Å². The van der Waals surface area contributed by atoms with E-state index in [0.29, 0.717) is 5.56 Å². The molecule has 1 aromatic heterocycles. The minimum absolute atomic E-state index is 0.0423. The van der Waals surface area contributed by atoms with Crippen molar-refractivity contribution in [3.05, 3.63) is 52.6 Å². The summed E-state index contributed by atoms with van der Waals surface area (Å²) in [5.41, 5.74) is 3.09. The molecule has 6 heteroatoms. The average molecular weight is 305 g/mol. The average Bonchev–Trinajstić information content (AvgIpc) is 2.71. The lowest BCUT2D eigenvalue weighted by Crippen LogP contribution is -2.30. The molecule has 1 amide bonds. The molecule has 0 aliphatic rings. The van der Waals surface area contributed by atoms with E-state index in [2.05, 4.69) is 10.4 Å². The molecule has 1 heterocycles. The Hall–Kier alpha value is -2.21. The first-order chi connectivity index (χ1) is 10.4. The van der Waals surface area contributed by atoms with Crippen LogP contribution in [-0.2, 0) is 18.3 Å². The molecule has 2 N–H and O–H groups in total. The summed E-state index contributed by atoms with van der Waals surface area (Å²) in [6.07, 6.45) is -0.725. The molecule has 0 saturated carbocycles. The van der Waals surface area contributed by atoms with Gasteiger partial charge in [-0.25, -0.2) is 4.39 Å². The summed E-state index contributed by atoms with van der Waals surface area (Å²) >= 11 is 0. The molecule has 0 unspecified atom stereocenters. The van der Waals surface area contributed by atoms with Crippen molar-refractivity contribution < 1.29 is 14.3 Å². The minimum Gasteiger partial charge on any atom is -0.387 e. The highest BCUT2D eigenvalue weighted by molar-refractivity contribution is 5.79. The third-order valence-electron chi connectivity index (χ3n) is 3.72. The Kier molecular flexibility index (Phi) is 4.92. The summed E-state index contributed by atoms with van der Waals surface area (Å²) in [6, 6.07) is 5.71. The maximum atomic E-state index is 13.1. The highest BCUT2D eigenvalue weighted by atomic mass is 19.1. The van der Waals surface area contributed by atoms with Gasteiger partial charge in [0.25, 0.3) is 0 Å². The van der Waals surface area contributed by atoms with Gasteiger partial charge >= 0.3 is 0 Å². The maximum Gasteiger partial charge on any atom is 0.224 e. The number of hydrogen-bond acceptors (Lipinski definition) is 3. The van der Waals surface area contributed by atoms with Crippen LogP contribution in [0.1, 0.15) is 28.6 Å². The van der Waals surface area contributed by atoms with Gasteiger partial charge in [0.15, 0.2) is 0 Å². The Morgan fingerprint density at radius 2 is 2.18 bits per heavy atom. The molecule has 0 bridgehead atoms. The molecule has 118 valence electrons. The molecule has 2 aromatic rings. The van der Waals surface area contributed by atoms with Crippen LogP contribution >= 0.6 is 0 Å². The van der Waals surface area contributed by atoms with Gasteiger partial charge in [-0.05, 0) is 31.5 Å². The molecular weight excluding hydrogens is 285 g/mol. The van der Waals surface area contributed by atoms with Gasteiger partial charge in [0, 0.05) is 24.8 Å². The number of carbonyl (C=O) groups is 1. The molecule has 22 heavy (non-hydrogen) atoms. The highest BCUT2D eigenvalue weighted by Crippen LogP contribution is 2.14. The number of aryl methyl sites for hydroxylation is 2. The van der Waals surface area contributed by atoms with E-state index >= 15 is 0 Å². The van der Waals surface area contributed by atoms with Crippen molar-refractivity contribution in [1.82, 2.24) is 15.1 Å². The number of benzene rings is 1. The second kappa shape index (κ2) is 6.70. The van der Waals surface area contributed by atoms with Crippen LogP contribution in [0, 0.1) is 19.7 Å². The van der Waals surface area contributed by atoms with Gasteiger partial charge in [-0.3, -0.25) is 9.48 Å². The van der Waals surface area contributed by atoms with Crippen LogP contribution in [-0.4, -0.2) is 27.3 Å². The third-order valence-corrected chi connectivity index (χ3v) is 3.72. The summed E-state index contributed by atoms with van der Waals surface area (Å²) in [5, 5.41) is 16.9. The zero-order chi connectivity index (χ0) is 16.3. The van der Waals surface area contributed by atoms with Crippen molar-refractivity contribution >= 4 is 5.91 Å². The van der Waals surface area contributed by atoms with Gasteiger partial charge in [0.2, 0.25) is 5.91 Å². The largest absolute Gasteiger partial charge is 0.387 e. The Labute approximate surface area is 128 Å². The SMILES string of the molecule is Cc1nn(C)c(C)c1CC(=O)NC[C@@H](O)c1cccc(F)c1. The third kappa shape index (κ3) is 3.71. The quantitative estimate of drug-likeness (QED) is 0.881. The number of hydrogen-bond donors (Lipinski definition) is 2. The van der Waals surface area contributed by atoms with Crippen LogP contribution in [0.3, 0.4) is 0 Å². The normalized spacial score (nSPS) is 12.2. The summed E-state index contributed by atoms with van der Waals surface area (Å²) in [6.45, 7) is 3.81. The van der Waals surface area contributed by atoms with E-state index in [1.54, 1.807) is 10.7 Å². The van der Waals surface area contributed by atoms with Crippen molar-refractivity contribution in [2.24, 2.45) is 7.05 Å². The van der Waals surface area contributed by atoms with Crippen LogP contribution in [0.25, 0.3) is 0 Å². The fourth-order valence-electron chi connectivity index (χ4n) is 2.34. The number of amides is 1. The molecule has 0 fully saturated rings. The maximum absolute atomic E-state index is 13.1. The van der Waals surface area contributed by atoms with E-state index < -0.39 is 11.9 Å². The molecule has 2 rings (SSSR count). The van der Waals surface area contributed by atoms with Gasteiger partial charge in [-0.2, -0.15) is 5.10 Å². The fraction of sp³-hybridized carbons (Fsp3) is 0.375. The summed E-state index contributed by atoms with van der Waals surface area (Å²) in [7, 11) is 1.83. The lowest BCUT2D eigenvalue weighted by atomic mass is 10.1. The number of nitrogens with zero attached hydrogens (tertiary/aromatic N) is 2. The Bertz CT molecular complexity index is 682. The van der Waals surface area contributed by atoms with Gasteiger partial charge in [-0.1, -0.05) is 12.1 Å². The molecule has 5 nitrogen and oxygen atoms in total. The molecule has 0 aliphatic heterocycles. The molecule has 0 saturated heterocycles. The predicted molar refractivity (Wildman–Crippen MR) is 80.8 cm³/mol. The van der Waals surface area contributed by atoms with Crippen molar-refractivity contribution in [1.29, 1.82) is 0 Å². The number of nitrogens with one attached hydrogen (secondary N) is 1. The van der Waals surface area contributed by atoms with Gasteiger partial charge in [-0.15, -0.1) is 0 Å². The van der Waals surface area contributed by atoms with Crippen molar-refractivity contribution in [2.75, 3.05) is 6.54 Å². The van der Waals surface area contributed by atoms with Crippen molar-refractivity contribution in [3.8, 4) is 0 Å². The van der Waals surface area contributed by atoms with E-state index in [1.165, 1.54) is 18.2 Å². The zero-order valence-corrected chi connectivity index (χ0v) is 12.9. The first-order valence-electron chi connectivity index (χ1n) is 7.07. The van der Waals surface area contributed by atoms with Crippen LogP contribution in [0.15, 0.2) is 24.3 Å². The van der Waals surface area contributed by atoms with E-state index in [1.807, 2.05) is 20.9 Å². The highest BCUT2D eigenvalue weighted by Gasteiger charge is 2.15. The molecule has 0 radical (unpaired) electrons. The van der Waals surface area contributed by atoms with E-state index in [9.17, 15) is 14.3 Å². The van der Waals surface area contributed by atoms with Gasteiger partial charge < -0.3 is 10.4 Å². The Morgan fingerprint density at radius 1 is 1.45 bits per heavy atom. The molecule has 0 spiro atoms. The van der Waals surface area contributed by atoms with Crippen molar-refractivity contribution in [2.45, 2.75) is 26.4 Å². The smallest absolute Gasteiger partial charge is 0.224 e. The number of rotatable bonds is 5. The summed E-state index contributed by atoms with van der Waals surface area (Å²) in [4.78, 5) is 12.0. The molecular formula is C16H20FN3O2. The van der Waals surface area contributed by atoms with E-state index in [0.717, 1.165) is 17.0 Å². The number of aromatic nitrogens is 2. The van der Waals surface area contributed by atoms with Gasteiger partial charge in [0.05, 0.1) is 18.2 Å². The van der Waals surface area contributed by atoms with Crippen LogP contribution in [0.4, 0.5) is 4.39 Å². The molecule has 1 aromatic carbocycles. The zero-order valence-electron chi connectivity index (χ0n) is 12.9. The lowest BCUT2D eigenvalue weighted by molar-refractivity contribution is -0.120. The van der Waals surface area contributed by atoms with E-state index in [4.69, 9.17) is 0 Å². The number of halogens is 1. The number of aliphatic hydroxyl groups excluding tert-OH is 1. The topological polar surface area (TPSA) is 67.2 Å².